The van der Waals surface area contributed by atoms with Crippen molar-refractivity contribution in [3.8, 4) is 5.88 Å². The second-order valence-electron chi connectivity index (χ2n) is 9.29. The van der Waals surface area contributed by atoms with E-state index in [1.807, 2.05) is 24.3 Å². The molecule has 0 saturated carbocycles. The van der Waals surface area contributed by atoms with Crippen LogP contribution in [0.25, 0.3) is 21.8 Å². The Balaban J connectivity index is 1.12. The number of piperazine rings is 1. The van der Waals surface area contributed by atoms with Crippen LogP contribution in [0.15, 0.2) is 53.3 Å². The molecule has 7 nitrogen and oxygen atoms in total. The number of hydrogen-bond acceptors (Lipinski definition) is 6. The Kier molecular flexibility index (Phi) is 7.06. The van der Waals surface area contributed by atoms with Crippen LogP contribution in [-0.4, -0.2) is 64.6 Å². The molecule has 0 aliphatic carbocycles. The molecule has 1 fully saturated rings. The highest BCUT2D eigenvalue weighted by atomic mass is 16.5. The third kappa shape index (κ3) is 5.36. The predicted molar refractivity (Wildman–Crippen MR) is 140 cm³/mol. The molecule has 0 unspecified atom stereocenters. The first kappa shape index (κ1) is 23.5. The molecule has 0 atom stereocenters. The number of fused-ring (bicyclic) bond motifs is 2. The molecule has 2 aromatic carbocycles. The summed E-state index contributed by atoms with van der Waals surface area (Å²) in [6.45, 7) is 8.36. The van der Waals surface area contributed by atoms with Gasteiger partial charge in [0.1, 0.15) is 5.82 Å². The summed E-state index contributed by atoms with van der Waals surface area (Å²) < 4.78 is 5.44. The van der Waals surface area contributed by atoms with Crippen molar-refractivity contribution in [2.75, 3.05) is 39.8 Å². The molecule has 1 aliphatic heterocycles. The molecule has 0 amide bonds. The molecule has 0 bridgehead atoms. The maximum absolute atomic E-state index is 12.3. The van der Waals surface area contributed by atoms with Gasteiger partial charge in [0.15, 0.2) is 0 Å². The molecular formula is C28H33N5O2. The summed E-state index contributed by atoms with van der Waals surface area (Å²) in [6.07, 6.45) is 2.68. The van der Waals surface area contributed by atoms with E-state index in [0.717, 1.165) is 86.8 Å². The highest BCUT2D eigenvalue weighted by molar-refractivity contribution is 5.81. The number of hydrogen-bond donors (Lipinski definition) is 1. The zero-order chi connectivity index (χ0) is 24.2. The average molecular weight is 472 g/mol. The molecule has 7 heteroatoms. The Morgan fingerprint density at radius 1 is 0.971 bits per heavy atom. The number of aromatic nitrogens is 3. The lowest BCUT2D eigenvalue weighted by Gasteiger charge is -2.34. The second kappa shape index (κ2) is 10.5. The second-order valence-corrected chi connectivity index (χ2v) is 9.29. The van der Waals surface area contributed by atoms with Gasteiger partial charge in [0.05, 0.1) is 23.5 Å². The van der Waals surface area contributed by atoms with Crippen molar-refractivity contribution in [3.05, 3.63) is 75.8 Å². The minimum atomic E-state index is -0.0475. The van der Waals surface area contributed by atoms with Gasteiger partial charge in [0.25, 0.3) is 5.56 Å². The molecule has 4 aromatic rings. The maximum atomic E-state index is 12.3. The SMILES string of the molecule is CCc1cc2cc(CN3CCN(CCCc4nc5ccccc5c(=O)[nH]4)CC3)ccc2nc1OC. The van der Waals surface area contributed by atoms with Crippen LogP contribution >= 0.6 is 0 Å². The van der Waals surface area contributed by atoms with Gasteiger partial charge in [-0.1, -0.05) is 25.1 Å². The van der Waals surface area contributed by atoms with E-state index in [1.54, 1.807) is 7.11 Å². The molecule has 0 spiro atoms. The molecule has 35 heavy (non-hydrogen) atoms. The standard InChI is InChI=1S/C28H33N5O2/c1-3-21-18-22-17-20(10-11-24(22)30-28(21)35-2)19-33-15-13-32(14-16-33)12-6-9-26-29-25-8-5-4-7-23(25)27(34)31-26/h4-5,7-8,10-11,17-18H,3,6,9,12-16,19H2,1-2H3,(H,29,31,34). The Morgan fingerprint density at radius 3 is 2.57 bits per heavy atom. The maximum Gasteiger partial charge on any atom is 0.258 e. The van der Waals surface area contributed by atoms with E-state index in [0.29, 0.717) is 5.39 Å². The van der Waals surface area contributed by atoms with E-state index in [1.165, 1.54) is 10.9 Å². The highest BCUT2D eigenvalue weighted by Gasteiger charge is 2.17. The first-order valence-electron chi connectivity index (χ1n) is 12.5. The molecule has 1 saturated heterocycles. The Morgan fingerprint density at radius 2 is 1.77 bits per heavy atom. The van der Waals surface area contributed by atoms with Gasteiger partial charge in [-0.05, 0) is 55.3 Å². The third-order valence-corrected chi connectivity index (χ3v) is 6.91. The summed E-state index contributed by atoms with van der Waals surface area (Å²) >= 11 is 0. The molecular weight excluding hydrogens is 438 g/mol. The normalized spacial score (nSPS) is 15.1. The molecule has 2 aromatic heterocycles. The summed E-state index contributed by atoms with van der Waals surface area (Å²) in [5.41, 5.74) is 4.18. The van der Waals surface area contributed by atoms with Crippen LogP contribution in [-0.2, 0) is 19.4 Å². The molecule has 1 N–H and O–H groups in total. The van der Waals surface area contributed by atoms with Crippen LogP contribution in [0.4, 0.5) is 0 Å². The van der Waals surface area contributed by atoms with Crippen LogP contribution in [0.5, 0.6) is 5.88 Å². The summed E-state index contributed by atoms with van der Waals surface area (Å²) in [6, 6.07) is 16.3. The monoisotopic (exact) mass is 471 g/mol. The minimum absolute atomic E-state index is 0.0475. The van der Waals surface area contributed by atoms with Gasteiger partial charge in [-0.15, -0.1) is 0 Å². The number of para-hydroxylation sites is 1. The van der Waals surface area contributed by atoms with Crippen molar-refractivity contribution in [3.63, 3.8) is 0 Å². The molecule has 5 rings (SSSR count). The number of methoxy groups -OCH3 is 1. The quantitative estimate of drug-likeness (QED) is 0.421. The number of pyridine rings is 1. The summed E-state index contributed by atoms with van der Waals surface area (Å²) in [7, 11) is 1.68. The van der Waals surface area contributed by atoms with E-state index < -0.39 is 0 Å². The van der Waals surface area contributed by atoms with Crippen LogP contribution in [0.3, 0.4) is 0 Å². The molecule has 3 heterocycles. The van der Waals surface area contributed by atoms with Gasteiger partial charge >= 0.3 is 0 Å². The van der Waals surface area contributed by atoms with Crippen molar-refractivity contribution < 1.29 is 4.74 Å². The fraction of sp³-hybridized carbons (Fsp3) is 0.393. The summed E-state index contributed by atoms with van der Waals surface area (Å²) in [5.74, 6) is 1.51. The van der Waals surface area contributed by atoms with E-state index in [-0.39, 0.29) is 5.56 Å². The largest absolute Gasteiger partial charge is 0.481 e. The zero-order valence-electron chi connectivity index (χ0n) is 20.6. The van der Waals surface area contributed by atoms with Crippen molar-refractivity contribution >= 4 is 21.8 Å². The zero-order valence-corrected chi connectivity index (χ0v) is 20.6. The number of nitrogens with zero attached hydrogens (tertiary/aromatic N) is 4. The van der Waals surface area contributed by atoms with Crippen molar-refractivity contribution in [2.45, 2.75) is 32.7 Å². The fourth-order valence-corrected chi connectivity index (χ4v) is 4.93. The number of benzene rings is 2. The van der Waals surface area contributed by atoms with Gasteiger partial charge in [0.2, 0.25) is 5.88 Å². The van der Waals surface area contributed by atoms with Crippen LogP contribution < -0.4 is 10.3 Å². The van der Waals surface area contributed by atoms with Crippen LogP contribution in [0.2, 0.25) is 0 Å². The first-order valence-corrected chi connectivity index (χ1v) is 12.5. The summed E-state index contributed by atoms with van der Waals surface area (Å²) in [5, 5.41) is 1.83. The number of aryl methyl sites for hydroxylation is 2. The van der Waals surface area contributed by atoms with E-state index in [2.05, 4.69) is 55.9 Å². The first-order chi connectivity index (χ1) is 17.1. The van der Waals surface area contributed by atoms with E-state index in [4.69, 9.17) is 4.74 Å². The lowest BCUT2D eigenvalue weighted by molar-refractivity contribution is 0.126. The topological polar surface area (TPSA) is 74.4 Å². The number of ether oxygens (including phenoxy) is 1. The molecule has 182 valence electrons. The van der Waals surface area contributed by atoms with Crippen LogP contribution in [0.1, 0.15) is 30.3 Å². The minimum Gasteiger partial charge on any atom is -0.481 e. The van der Waals surface area contributed by atoms with E-state index >= 15 is 0 Å². The fourth-order valence-electron chi connectivity index (χ4n) is 4.93. The van der Waals surface area contributed by atoms with Crippen molar-refractivity contribution in [1.82, 2.24) is 24.8 Å². The van der Waals surface area contributed by atoms with Gasteiger partial charge in [-0.25, -0.2) is 9.97 Å². The van der Waals surface area contributed by atoms with Gasteiger partial charge in [0, 0.05) is 50.1 Å². The number of aromatic amines is 1. The Labute approximate surface area is 205 Å². The lowest BCUT2D eigenvalue weighted by atomic mass is 10.1. The van der Waals surface area contributed by atoms with E-state index in [9.17, 15) is 4.79 Å². The Hall–Kier alpha value is -3.29. The van der Waals surface area contributed by atoms with Gasteiger partial charge < -0.3 is 14.6 Å². The van der Waals surface area contributed by atoms with Gasteiger partial charge in [-0.2, -0.15) is 0 Å². The number of nitrogens with one attached hydrogen (secondary N) is 1. The highest BCUT2D eigenvalue weighted by Crippen LogP contribution is 2.24. The van der Waals surface area contributed by atoms with Crippen molar-refractivity contribution in [2.24, 2.45) is 0 Å². The van der Waals surface area contributed by atoms with Crippen LogP contribution in [0, 0.1) is 0 Å². The molecule has 1 aliphatic rings. The van der Waals surface area contributed by atoms with Crippen molar-refractivity contribution in [1.29, 1.82) is 0 Å². The smallest absolute Gasteiger partial charge is 0.258 e. The van der Waals surface area contributed by atoms with Gasteiger partial charge in [-0.3, -0.25) is 9.69 Å². The summed E-state index contributed by atoms with van der Waals surface area (Å²) in [4.78, 5) is 29.5. The number of H-pyrrole nitrogens is 1. The predicted octanol–water partition coefficient (Wildman–Crippen LogP) is 3.79. The lowest BCUT2D eigenvalue weighted by Crippen LogP contribution is -2.46. The Bertz CT molecular complexity index is 1380. The molecule has 0 radical (unpaired) electrons. The number of rotatable bonds is 8. The third-order valence-electron chi connectivity index (χ3n) is 6.91. The average Bonchev–Trinajstić information content (AvgIpc) is 2.89.